The first-order valence-corrected chi connectivity index (χ1v) is 5.08. The summed E-state index contributed by atoms with van der Waals surface area (Å²) in [6.07, 6.45) is 3.26. The minimum Gasteiger partial charge on any atom is -0.393 e. The van der Waals surface area contributed by atoms with Gasteiger partial charge in [0.2, 0.25) is 0 Å². The summed E-state index contributed by atoms with van der Waals surface area (Å²) >= 11 is 0. The average Bonchev–Trinajstić information content (AvgIpc) is 2.26. The Morgan fingerprint density at radius 2 is 2.00 bits per heavy atom. The molecule has 0 saturated carbocycles. The third kappa shape index (κ3) is 3.35. The second kappa shape index (κ2) is 5.61. The van der Waals surface area contributed by atoms with Crippen molar-refractivity contribution in [1.29, 1.82) is 0 Å². The van der Waals surface area contributed by atoms with Gasteiger partial charge in [-0.15, -0.1) is 6.58 Å². The molecule has 0 aliphatic rings. The smallest absolute Gasteiger partial charge is 0.0603 e. The van der Waals surface area contributed by atoms with E-state index < -0.39 is 0 Å². The monoisotopic (exact) mass is 190 g/mol. The van der Waals surface area contributed by atoms with Crippen LogP contribution in [0.5, 0.6) is 0 Å². The van der Waals surface area contributed by atoms with Gasteiger partial charge >= 0.3 is 0 Å². The molecule has 0 spiro atoms. The van der Waals surface area contributed by atoms with Crippen molar-refractivity contribution in [3.05, 3.63) is 48.6 Å². The molecule has 0 heterocycles. The van der Waals surface area contributed by atoms with Crippen LogP contribution >= 0.6 is 0 Å². The van der Waals surface area contributed by atoms with Gasteiger partial charge in [-0.1, -0.05) is 43.3 Å². The van der Waals surface area contributed by atoms with Gasteiger partial charge in [0.05, 0.1) is 6.10 Å². The molecule has 0 radical (unpaired) electrons. The van der Waals surface area contributed by atoms with E-state index in [1.807, 2.05) is 25.1 Å². The van der Waals surface area contributed by atoms with Crippen molar-refractivity contribution in [1.82, 2.24) is 0 Å². The molecule has 14 heavy (non-hydrogen) atoms. The highest BCUT2D eigenvalue weighted by atomic mass is 16.3. The number of aliphatic hydroxyl groups is 1. The second-order valence-electron chi connectivity index (χ2n) is 3.69. The molecule has 1 nitrogen and oxygen atoms in total. The van der Waals surface area contributed by atoms with Gasteiger partial charge in [-0.25, -0.2) is 0 Å². The Hall–Kier alpha value is -1.08. The minimum absolute atomic E-state index is 0.179. The lowest BCUT2D eigenvalue weighted by molar-refractivity contribution is 0.129. The fraction of sp³-hybridized carbons (Fsp3) is 0.385. The Morgan fingerprint density at radius 3 is 2.57 bits per heavy atom. The van der Waals surface area contributed by atoms with Crippen LogP contribution in [0.3, 0.4) is 0 Å². The van der Waals surface area contributed by atoms with Crippen LogP contribution in [0, 0.1) is 5.92 Å². The highest BCUT2D eigenvalue weighted by molar-refractivity contribution is 5.14. The highest BCUT2D eigenvalue weighted by Gasteiger charge is 2.09. The van der Waals surface area contributed by atoms with Crippen LogP contribution in [0.15, 0.2) is 43.0 Å². The maximum Gasteiger partial charge on any atom is 0.0603 e. The van der Waals surface area contributed by atoms with Gasteiger partial charge in [0.15, 0.2) is 0 Å². The molecule has 0 fully saturated rings. The van der Waals surface area contributed by atoms with Gasteiger partial charge in [0, 0.05) is 0 Å². The number of aryl methyl sites for hydroxylation is 1. The average molecular weight is 190 g/mol. The van der Waals surface area contributed by atoms with Crippen LogP contribution in [0.1, 0.15) is 18.9 Å². The molecule has 1 N–H and O–H groups in total. The molecule has 1 heteroatoms. The third-order valence-corrected chi connectivity index (χ3v) is 2.55. The molecule has 1 aromatic rings. The molecule has 0 aliphatic heterocycles. The largest absolute Gasteiger partial charge is 0.393 e. The van der Waals surface area contributed by atoms with Crippen LogP contribution < -0.4 is 0 Å². The lowest BCUT2D eigenvalue weighted by Crippen LogP contribution is -2.16. The SMILES string of the molecule is C=CC(C)C(O)CCc1ccccc1. The molecule has 0 aliphatic carbocycles. The van der Waals surface area contributed by atoms with Crippen molar-refractivity contribution in [2.24, 2.45) is 5.92 Å². The van der Waals surface area contributed by atoms with E-state index in [4.69, 9.17) is 0 Å². The second-order valence-corrected chi connectivity index (χ2v) is 3.69. The van der Waals surface area contributed by atoms with E-state index in [1.54, 1.807) is 6.08 Å². The predicted octanol–water partition coefficient (Wildman–Crippen LogP) is 2.80. The van der Waals surface area contributed by atoms with Crippen molar-refractivity contribution in [2.75, 3.05) is 0 Å². The molecule has 0 aromatic heterocycles. The summed E-state index contributed by atoms with van der Waals surface area (Å²) in [5.41, 5.74) is 1.28. The van der Waals surface area contributed by atoms with Crippen LogP contribution in [0.4, 0.5) is 0 Å². The summed E-state index contributed by atoms with van der Waals surface area (Å²) in [5.74, 6) is 0.179. The van der Waals surface area contributed by atoms with Crippen LogP contribution in [0.25, 0.3) is 0 Å². The summed E-state index contributed by atoms with van der Waals surface area (Å²) < 4.78 is 0. The zero-order chi connectivity index (χ0) is 10.4. The minimum atomic E-state index is -0.271. The van der Waals surface area contributed by atoms with Crippen LogP contribution in [-0.2, 0) is 6.42 Å². The number of rotatable bonds is 5. The molecule has 0 amide bonds. The Bertz CT molecular complexity index is 266. The van der Waals surface area contributed by atoms with E-state index in [0.29, 0.717) is 0 Å². The number of aliphatic hydroxyl groups excluding tert-OH is 1. The summed E-state index contributed by atoms with van der Waals surface area (Å²) in [7, 11) is 0. The molecule has 2 atom stereocenters. The Balaban J connectivity index is 2.37. The quantitative estimate of drug-likeness (QED) is 0.708. The molecule has 1 rings (SSSR count). The Kier molecular flexibility index (Phi) is 4.41. The normalized spacial score (nSPS) is 14.7. The first kappa shape index (κ1) is 11.0. The summed E-state index contributed by atoms with van der Waals surface area (Å²) in [4.78, 5) is 0. The predicted molar refractivity (Wildman–Crippen MR) is 60.1 cm³/mol. The maximum atomic E-state index is 9.71. The van der Waals surface area contributed by atoms with E-state index in [2.05, 4.69) is 18.7 Å². The standard InChI is InChI=1S/C13H18O/c1-3-11(2)13(14)10-9-12-7-5-4-6-8-12/h3-8,11,13-14H,1,9-10H2,2H3. The zero-order valence-electron chi connectivity index (χ0n) is 8.69. The molecule has 1 aromatic carbocycles. The lowest BCUT2D eigenvalue weighted by Gasteiger charge is -2.14. The van der Waals surface area contributed by atoms with Gasteiger partial charge in [-0.3, -0.25) is 0 Å². The van der Waals surface area contributed by atoms with E-state index >= 15 is 0 Å². The van der Waals surface area contributed by atoms with Crippen molar-refractivity contribution >= 4 is 0 Å². The maximum absolute atomic E-state index is 9.71. The molecular weight excluding hydrogens is 172 g/mol. The number of hydrogen-bond donors (Lipinski definition) is 1. The highest BCUT2D eigenvalue weighted by Crippen LogP contribution is 2.11. The topological polar surface area (TPSA) is 20.2 Å². The summed E-state index contributed by atoms with van der Waals surface area (Å²) in [6, 6.07) is 10.2. The zero-order valence-corrected chi connectivity index (χ0v) is 8.69. The molecule has 2 unspecified atom stereocenters. The third-order valence-electron chi connectivity index (χ3n) is 2.55. The van der Waals surface area contributed by atoms with Gasteiger partial charge in [0.25, 0.3) is 0 Å². The first-order valence-electron chi connectivity index (χ1n) is 5.08. The van der Waals surface area contributed by atoms with E-state index in [0.717, 1.165) is 12.8 Å². The van der Waals surface area contributed by atoms with Gasteiger partial charge in [0.1, 0.15) is 0 Å². The summed E-state index contributed by atoms with van der Waals surface area (Å²) in [6.45, 7) is 5.67. The molecular formula is C13H18O. The van der Waals surface area contributed by atoms with Gasteiger partial charge in [-0.2, -0.15) is 0 Å². The van der Waals surface area contributed by atoms with Crippen molar-refractivity contribution in [2.45, 2.75) is 25.9 Å². The van der Waals surface area contributed by atoms with Crippen molar-refractivity contribution < 1.29 is 5.11 Å². The molecule has 76 valence electrons. The molecule has 0 bridgehead atoms. The summed E-state index contributed by atoms with van der Waals surface area (Å²) in [5, 5.41) is 9.71. The first-order chi connectivity index (χ1) is 6.74. The lowest BCUT2D eigenvalue weighted by atomic mass is 9.98. The Morgan fingerprint density at radius 1 is 1.36 bits per heavy atom. The fourth-order valence-electron chi connectivity index (χ4n) is 1.38. The van der Waals surface area contributed by atoms with E-state index in [-0.39, 0.29) is 12.0 Å². The van der Waals surface area contributed by atoms with Crippen LogP contribution in [-0.4, -0.2) is 11.2 Å². The van der Waals surface area contributed by atoms with Crippen LogP contribution in [0.2, 0.25) is 0 Å². The van der Waals surface area contributed by atoms with Gasteiger partial charge in [-0.05, 0) is 24.3 Å². The number of hydrogen-bond acceptors (Lipinski definition) is 1. The fourth-order valence-corrected chi connectivity index (χ4v) is 1.38. The van der Waals surface area contributed by atoms with Gasteiger partial charge < -0.3 is 5.11 Å². The molecule has 0 saturated heterocycles. The van der Waals surface area contributed by atoms with Crippen molar-refractivity contribution in [3.8, 4) is 0 Å². The van der Waals surface area contributed by atoms with E-state index in [9.17, 15) is 5.11 Å². The van der Waals surface area contributed by atoms with E-state index in [1.165, 1.54) is 5.56 Å². The Labute approximate surface area is 86.1 Å². The van der Waals surface area contributed by atoms with Crippen molar-refractivity contribution in [3.63, 3.8) is 0 Å². The number of benzene rings is 1.